The predicted molar refractivity (Wildman–Crippen MR) is 66.6 cm³/mol. The van der Waals surface area contributed by atoms with E-state index in [4.69, 9.17) is 4.74 Å². The summed E-state index contributed by atoms with van der Waals surface area (Å²) in [6.45, 7) is 10.9. The molecule has 0 aliphatic carbocycles. The molecule has 4 heteroatoms. The maximum absolute atomic E-state index is 5.55. The lowest BCUT2D eigenvalue weighted by Gasteiger charge is -2.12. The molecule has 0 aliphatic rings. The Morgan fingerprint density at radius 2 is 2.12 bits per heavy atom. The van der Waals surface area contributed by atoms with E-state index in [0.29, 0.717) is 12.0 Å². The van der Waals surface area contributed by atoms with Crippen LogP contribution in [0.1, 0.15) is 27.7 Å². The van der Waals surface area contributed by atoms with Crippen molar-refractivity contribution in [3.05, 3.63) is 12.4 Å². The Morgan fingerprint density at radius 1 is 1.38 bits per heavy atom. The van der Waals surface area contributed by atoms with E-state index in [0.717, 1.165) is 25.7 Å². The van der Waals surface area contributed by atoms with Crippen LogP contribution in [-0.4, -0.2) is 28.8 Å². The summed E-state index contributed by atoms with van der Waals surface area (Å²) in [6.07, 6.45) is 3.79. The van der Waals surface area contributed by atoms with E-state index in [1.54, 1.807) is 0 Å². The first-order valence-corrected chi connectivity index (χ1v) is 5.95. The molecule has 1 aromatic heterocycles. The number of ether oxygens (including phenoxy) is 1. The predicted octanol–water partition coefficient (Wildman–Crippen LogP) is 2.38. The van der Waals surface area contributed by atoms with E-state index in [9.17, 15) is 0 Å². The van der Waals surface area contributed by atoms with E-state index in [-0.39, 0.29) is 0 Å². The van der Waals surface area contributed by atoms with Gasteiger partial charge in [0.05, 0.1) is 6.61 Å². The minimum atomic E-state index is 0.401. The van der Waals surface area contributed by atoms with E-state index in [1.165, 1.54) is 0 Å². The lowest BCUT2D eigenvalue weighted by atomic mass is 10.2. The molecule has 0 saturated carbocycles. The quantitative estimate of drug-likeness (QED) is 0.724. The molecule has 4 nitrogen and oxygen atoms in total. The molecule has 0 aliphatic heterocycles. The monoisotopic (exact) mass is 225 g/mol. The summed E-state index contributed by atoms with van der Waals surface area (Å²) in [4.78, 5) is 4.27. The van der Waals surface area contributed by atoms with Gasteiger partial charge in [0.25, 0.3) is 0 Å². The zero-order valence-corrected chi connectivity index (χ0v) is 10.7. The van der Waals surface area contributed by atoms with Gasteiger partial charge in [-0.25, -0.2) is 4.98 Å². The Balaban J connectivity index is 2.33. The standard InChI is InChI=1S/C12H23N3O/c1-10(2)9-16-8-7-15-6-5-13-12(15)14-11(3)4/h5-6,10-11H,7-9H2,1-4H3,(H,13,14). The molecule has 16 heavy (non-hydrogen) atoms. The average Bonchev–Trinajstić information content (AvgIpc) is 2.59. The lowest BCUT2D eigenvalue weighted by Crippen LogP contribution is -2.16. The van der Waals surface area contributed by atoms with Crippen LogP contribution in [0.15, 0.2) is 12.4 Å². The fraction of sp³-hybridized carbons (Fsp3) is 0.750. The van der Waals surface area contributed by atoms with E-state index in [2.05, 4.69) is 42.6 Å². The number of rotatable bonds is 7. The Labute approximate surface area is 98.0 Å². The third kappa shape index (κ3) is 4.66. The van der Waals surface area contributed by atoms with Gasteiger partial charge < -0.3 is 14.6 Å². The third-order valence-corrected chi connectivity index (χ3v) is 2.06. The molecule has 1 N–H and O–H groups in total. The molecule has 0 radical (unpaired) electrons. The van der Waals surface area contributed by atoms with Crippen molar-refractivity contribution in [2.45, 2.75) is 40.3 Å². The van der Waals surface area contributed by atoms with Gasteiger partial charge >= 0.3 is 0 Å². The van der Waals surface area contributed by atoms with Crippen molar-refractivity contribution in [2.75, 3.05) is 18.5 Å². The van der Waals surface area contributed by atoms with Gasteiger partial charge in [0, 0.05) is 31.6 Å². The summed E-state index contributed by atoms with van der Waals surface area (Å²) >= 11 is 0. The van der Waals surface area contributed by atoms with Crippen LogP contribution in [-0.2, 0) is 11.3 Å². The van der Waals surface area contributed by atoms with Gasteiger partial charge in [0.15, 0.2) is 0 Å². The molecule has 1 heterocycles. The van der Waals surface area contributed by atoms with Crippen molar-refractivity contribution in [3.8, 4) is 0 Å². The third-order valence-electron chi connectivity index (χ3n) is 2.06. The second kappa shape index (κ2) is 6.53. The summed E-state index contributed by atoms with van der Waals surface area (Å²) in [6, 6.07) is 0.401. The molecule has 92 valence electrons. The van der Waals surface area contributed by atoms with E-state index < -0.39 is 0 Å². The lowest BCUT2D eigenvalue weighted by molar-refractivity contribution is 0.103. The highest BCUT2D eigenvalue weighted by molar-refractivity contribution is 5.26. The van der Waals surface area contributed by atoms with Crippen LogP contribution in [0, 0.1) is 5.92 Å². The molecule has 0 bridgehead atoms. The number of imidazole rings is 1. The highest BCUT2D eigenvalue weighted by Crippen LogP contribution is 2.05. The smallest absolute Gasteiger partial charge is 0.203 e. The molecular weight excluding hydrogens is 202 g/mol. The number of hydrogen-bond acceptors (Lipinski definition) is 3. The van der Waals surface area contributed by atoms with Gasteiger partial charge in [-0.05, 0) is 19.8 Å². The van der Waals surface area contributed by atoms with Gasteiger partial charge in [0.1, 0.15) is 0 Å². The average molecular weight is 225 g/mol. The number of nitrogens with zero attached hydrogens (tertiary/aromatic N) is 2. The van der Waals surface area contributed by atoms with Crippen LogP contribution in [0.5, 0.6) is 0 Å². The number of aromatic nitrogens is 2. The summed E-state index contributed by atoms with van der Waals surface area (Å²) < 4.78 is 7.64. The van der Waals surface area contributed by atoms with Gasteiger partial charge in [-0.2, -0.15) is 0 Å². The summed E-state index contributed by atoms with van der Waals surface area (Å²) in [5.41, 5.74) is 0. The first kappa shape index (κ1) is 13.0. The Kier molecular flexibility index (Phi) is 5.32. The topological polar surface area (TPSA) is 39.1 Å². The second-order valence-corrected chi connectivity index (χ2v) is 4.71. The molecule has 0 aromatic carbocycles. The molecule has 0 unspecified atom stereocenters. The zero-order valence-electron chi connectivity index (χ0n) is 10.7. The fourth-order valence-corrected chi connectivity index (χ4v) is 1.37. The van der Waals surface area contributed by atoms with Crippen LogP contribution < -0.4 is 5.32 Å². The first-order valence-electron chi connectivity index (χ1n) is 5.95. The largest absolute Gasteiger partial charge is 0.379 e. The highest BCUT2D eigenvalue weighted by atomic mass is 16.5. The number of nitrogens with one attached hydrogen (secondary N) is 1. The Hall–Kier alpha value is -1.03. The fourth-order valence-electron chi connectivity index (χ4n) is 1.37. The molecule has 1 aromatic rings. The molecule has 0 saturated heterocycles. The van der Waals surface area contributed by atoms with Crippen LogP contribution >= 0.6 is 0 Å². The van der Waals surface area contributed by atoms with Gasteiger partial charge in [0.2, 0.25) is 5.95 Å². The van der Waals surface area contributed by atoms with Crippen molar-refractivity contribution in [2.24, 2.45) is 5.92 Å². The molecule has 0 spiro atoms. The van der Waals surface area contributed by atoms with Crippen molar-refractivity contribution in [1.82, 2.24) is 9.55 Å². The van der Waals surface area contributed by atoms with Crippen LogP contribution in [0.2, 0.25) is 0 Å². The zero-order chi connectivity index (χ0) is 12.0. The van der Waals surface area contributed by atoms with Crippen LogP contribution in [0.3, 0.4) is 0 Å². The van der Waals surface area contributed by atoms with E-state index in [1.807, 2.05) is 12.4 Å². The molecular formula is C12H23N3O. The molecule has 0 fully saturated rings. The first-order chi connectivity index (χ1) is 7.59. The van der Waals surface area contributed by atoms with Crippen molar-refractivity contribution in [3.63, 3.8) is 0 Å². The number of anilines is 1. The minimum absolute atomic E-state index is 0.401. The number of hydrogen-bond donors (Lipinski definition) is 1. The molecule has 0 amide bonds. The minimum Gasteiger partial charge on any atom is -0.379 e. The summed E-state index contributed by atoms with van der Waals surface area (Å²) in [5.74, 6) is 1.51. The van der Waals surface area contributed by atoms with Gasteiger partial charge in [-0.3, -0.25) is 0 Å². The maximum atomic E-state index is 5.55. The molecule has 0 atom stereocenters. The van der Waals surface area contributed by atoms with Gasteiger partial charge in [-0.1, -0.05) is 13.8 Å². The Morgan fingerprint density at radius 3 is 2.75 bits per heavy atom. The maximum Gasteiger partial charge on any atom is 0.203 e. The van der Waals surface area contributed by atoms with Crippen molar-refractivity contribution < 1.29 is 4.74 Å². The van der Waals surface area contributed by atoms with Crippen LogP contribution in [0.25, 0.3) is 0 Å². The normalized spacial score (nSPS) is 11.4. The summed E-state index contributed by atoms with van der Waals surface area (Å²) in [5, 5.41) is 3.30. The van der Waals surface area contributed by atoms with Crippen molar-refractivity contribution in [1.29, 1.82) is 0 Å². The second-order valence-electron chi connectivity index (χ2n) is 4.71. The van der Waals surface area contributed by atoms with Gasteiger partial charge in [-0.15, -0.1) is 0 Å². The molecule has 1 rings (SSSR count). The summed E-state index contributed by atoms with van der Waals surface area (Å²) in [7, 11) is 0. The Bertz CT molecular complexity index is 294. The van der Waals surface area contributed by atoms with E-state index >= 15 is 0 Å². The van der Waals surface area contributed by atoms with Crippen LogP contribution in [0.4, 0.5) is 5.95 Å². The SMILES string of the molecule is CC(C)COCCn1ccnc1NC(C)C. The van der Waals surface area contributed by atoms with Crippen molar-refractivity contribution >= 4 is 5.95 Å². The highest BCUT2D eigenvalue weighted by Gasteiger charge is 2.03.